The van der Waals surface area contributed by atoms with Crippen LogP contribution in [0.4, 0.5) is 17.1 Å². The van der Waals surface area contributed by atoms with E-state index < -0.39 is 0 Å². The fourth-order valence-corrected chi connectivity index (χ4v) is 3.55. The summed E-state index contributed by atoms with van der Waals surface area (Å²) < 4.78 is 0. The van der Waals surface area contributed by atoms with Crippen LogP contribution in [0.3, 0.4) is 0 Å². The van der Waals surface area contributed by atoms with Crippen molar-refractivity contribution in [3.8, 4) is 0 Å². The van der Waals surface area contributed by atoms with E-state index in [4.69, 9.17) is 11.6 Å². The highest BCUT2D eigenvalue weighted by molar-refractivity contribution is 6.30. The summed E-state index contributed by atoms with van der Waals surface area (Å²) in [5, 5.41) is 8.79. The maximum Gasteiger partial charge on any atom is 0.269 e. The Hall–Kier alpha value is -3.98. The van der Waals surface area contributed by atoms with Gasteiger partial charge in [0, 0.05) is 62.0 Å². The van der Waals surface area contributed by atoms with E-state index in [9.17, 15) is 14.4 Å². The van der Waals surface area contributed by atoms with Crippen LogP contribution in [-0.4, -0.2) is 48.3 Å². The summed E-state index contributed by atoms with van der Waals surface area (Å²) in [7, 11) is 3.12. The highest BCUT2D eigenvalue weighted by Crippen LogP contribution is 2.31. The maximum absolute atomic E-state index is 11.6. The Bertz CT molecular complexity index is 1220. The Kier molecular flexibility index (Phi) is 8.15. The number of amides is 3. The Morgan fingerprint density at radius 1 is 0.882 bits per heavy atom. The quantitative estimate of drug-likeness (QED) is 0.528. The van der Waals surface area contributed by atoms with E-state index in [-0.39, 0.29) is 17.7 Å². The Labute approximate surface area is 202 Å². The minimum atomic E-state index is -0.229. The van der Waals surface area contributed by atoms with Gasteiger partial charge in [-0.05, 0) is 54.4 Å². The third-order valence-corrected chi connectivity index (χ3v) is 5.28. The second kappa shape index (κ2) is 11.2. The van der Waals surface area contributed by atoms with Gasteiger partial charge in [0.15, 0.2) is 0 Å². The topological polar surface area (TPSA) is 116 Å². The van der Waals surface area contributed by atoms with E-state index in [0.717, 1.165) is 35.6 Å². The molecule has 9 nitrogen and oxygen atoms in total. The van der Waals surface area contributed by atoms with E-state index in [0.29, 0.717) is 16.4 Å². The summed E-state index contributed by atoms with van der Waals surface area (Å²) in [5.41, 5.74) is 4.53. The second-order valence-corrected chi connectivity index (χ2v) is 7.77. The molecule has 1 aliphatic heterocycles. The molecule has 3 N–H and O–H groups in total. The van der Waals surface area contributed by atoms with Gasteiger partial charge in [0.1, 0.15) is 11.4 Å². The van der Waals surface area contributed by atoms with Gasteiger partial charge in [-0.2, -0.15) is 0 Å². The predicted octanol–water partition coefficient (Wildman–Crippen LogP) is 3.19. The van der Waals surface area contributed by atoms with E-state index in [1.807, 2.05) is 24.3 Å². The lowest BCUT2D eigenvalue weighted by Crippen LogP contribution is -2.25. The van der Waals surface area contributed by atoms with Crippen LogP contribution in [0.5, 0.6) is 0 Å². The number of fused-ring (bicyclic) bond motifs is 1. The van der Waals surface area contributed by atoms with Crippen molar-refractivity contribution in [1.29, 1.82) is 0 Å². The highest BCUT2D eigenvalue weighted by Gasteiger charge is 2.22. The average molecular weight is 481 g/mol. The molecule has 1 aliphatic rings. The fourth-order valence-electron chi connectivity index (χ4n) is 3.39. The molecule has 34 heavy (non-hydrogen) atoms. The van der Waals surface area contributed by atoms with Crippen LogP contribution in [0.1, 0.15) is 33.5 Å². The van der Waals surface area contributed by atoms with Gasteiger partial charge in [-0.25, -0.2) is 0 Å². The number of rotatable bonds is 4. The molecule has 0 unspecified atom stereocenters. The molecule has 3 amide bonds. The monoisotopic (exact) mass is 480 g/mol. The first-order valence-corrected chi connectivity index (χ1v) is 10.9. The predicted molar refractivity (Wildman–Crippen MR) is 132 cm³/mol. The molecule has 3 aromatic rings. The number of nitrogens with zero attached hydrogens (tertiary/aromatic N) is 3. The normalized spacial score (nSPS) is 11.6. The lowest BCUT2D eigenvalue weighted by atomic mass is 10.1. The molecule has 2 aromatic heterocycles. The molecule has 0 aliphatic carbocycles. The van der Waals surface area contributed by atoms with Crippen molar-refractivity contribution in [3.63, 3.8) is 0 Å². The van der Waals surface area contributed by atoms with E-state index in [1.54, 1.807) is 44.2 Å². The summed E-state index contributed by atoms with van der Waals surface area (Å²) in [6, 6.07) is 12.6. The third-order valence-electron chi connectivity index (χ3n) is 5.05. The number of hydrogen-bond donors (Lipinski definition) is 3. The van der Waals surface area contributed by atoms with Gasteiger partial charge in [0.25, 0.3) is 11.8 Å². The van der Waals surface area contributed by atoms with Crippen molar-refractivity contribution >= 4 is 46.4 Å². The first kappa shape index (κ1) is 24.7. The van der Waals surface area contributed by atoms with Crippen LogP contribution in [0, 0.1) is 0 Å². The molecule has 10 heteroatoms. The standard InChI is InChI=1S/C17H18N4O2.C7H7ClN2O/c1-11(22)21-8-6-12-9-13(3-4-16(12)21)20-14-5-7-19-15(10-14)17(23)18-2;1-9-7(11)6-4-5(8)2-3-10-6/h3-5,7,9-10H,6,8H2,1-2H3,(H,18,23)(H,19,20);2-4H,1H3,(H,9,11). The molecular formula is C24H25ClN6O3. The average Bonchev–Trinajstić information content (AvgIpc) is 3.27. The second-order valence-electron chi connectivity index (χ2n) is 7.34. The highest BCUT2D eigenvalue weighted by atomic mass is 35.5. The molecule has 4 rings (SSSR count). The van der Waals surface area contributed by atoms with Crippen LogP contribution in [0.25, 0.3) is 0 Å². The van der Waals surface area contributed by atoms with E-state index >= 15 is 0 Å². The molecule has 1 aromatic carbocycles. The third kappa shape index (κ3) is 6.08. The van der Waals surface area contributed by atoms with Crippen LogP contribution in [0.15, 0.2) is 54.9 Å². The van der Waals surface area contributed by atoms with Gasteiger partial charge in [0.05, 0.1) is 0 Å². The number of pyridine rings is 2. The van der Waals surface area contributed by atoms with Crippen LogP contribution in [-0.2, 0) is 11.2 Å². The van der Waals surface area contributed by atoms with E-state index in [2.05, 4.69) is 25.9 Å². The zero-order valence-electron chi connectivity index (χ0n) is 19.1. The molecule has 0 radical (unpaired) electrons. The number of hydrogen-bond acceptors (Lipinski definition) is 6. The number of aromatic nitrogens is 2. The Balaban J connectivity index is 0.000000248. The number of carbonyl (C=O) groups excluding carboxylic acids is 3. The molecule has 0 fully saturated rings. The molecule has 0 saturated heterocycles. The largest absolute Gasteiger partial charge is 0.355 e. The summed E-state index contributed by atoms with van der Waals surface area (Å²) in [6.45, 7) is 2.31. The van der Waals surface area contributed by atoms with Crippen molar-refractivity contribution in [2.24, 2.45) is 0 Å². The molecule has 176 valence electrons. The molecular weight excluding hydrogens is 456 g/mol. The zero-order chi connectivity index (χ0) is 24.7. The number of anilines is 3. The van der Waals surface area contributed by atoms with Gasteiger partial charge < -0.3 is 20.9 Å². The Morgan fingerprint density at radius 2 is 1.50 bits per heavy atom. The fraction of sp³-hybridized carbons (Fsp3) is 0.208. The smallest absolute Gasteiger partial charge is 0.269 e. The first-order chi connectivity index (χ1) is 16.3. The van der Waals surface area contributed by atoms with Crippen molar-refractivity contribution in [2.45, 2.75) is 13.3 Å². The van der Waals surface area contributed by atoms with Crippen molar-refractivity contribution in [1.82, 2.24) is 20.6 Å². The number of nitrogens with one attached hydrogen (secondary N) is 3. The minimum Gasteiger partial charge on any atom is -0.355 e. The SMILES string of the molecule is CNC(=O)c1cc(Cl)ccn1.CNC(=O)c1cc(Nc2ccc3c(c2)CCN3C(C)=O)ccn1. The minimum absolute atomic E-state index is 0.0637. The maximum atomic E-state index is 11.6. The summed E-state index contributed by atoms with van der Waals surface area (Å²) >= 11 is 5.63. The van der Waals surface area contributed by atoms with Gasteiger partial charge >= 0.3 is 0 Å². The number of halogens is 1. The van der Waals surface area contributed by atoms with Crippen LogP contribution >= 0.6 is 11.6 Å². The Morgan fingerprint density at radius 3 is 2.12 bits per heavy atom. The van der Waals surface area contributed by atoms with E-state index in [1.165, 1.54) is 12.3 Å². The molecule has 0 saturated carbocycles. The molecule has 0 atom stereocenters. The molecule has 3 heterocycles. The van der Waals surface area contributed by atoms with Crippen LogP contribution in [0.2, 0.25) is 5.02 Å². The number of benzene rings is 1. The summed E-state index contributed by atoms with van der Waals surface area (Å²) in [6.07, 6.45) is 3.94. The van der Waals surface area contributed by atoms with Crippen molar-refractivity contribution < 1.29 is 14.4 Å². The number of carbonyl (C=O) groups is 3. The van der Waals surface area contributed by atoms with Crippen molar-refractivity contribution in [3.05, 3.63) is 76.8 Å². The van der Waals surface area contributed by atoms with Gasteiger partial charge in [0.2, 0.25) is 5.91 Å². The summed E-state index contributed by atoms with van der Waals surface area (Å²) in [4.78, 5) is 43.8. The lowest BCUT2D eigenvalue weighted by Gasteiger charge is -2.15. The molecule has 0 spiro atoms. The van der Waals surface area contributed by atoms with Gasteiger partial charge in [-0.15, -0.1) is 0 Å². The zero-order valence-corrected chi connectivity index (χ0v) is 19.8. The first-order valence-electron chi connectivity index (χ1n) is 10.5. The molecule has 0 bridgehead atoms. The van der Waals surface area contributed by atoms with Gasteiger partial charge in [-0.3, -0.25) is 24.4 Å². The lowest BCUT2D eigenvalue weighted by molar-refractivity contribution is -0.116. The summed E-state index contributed by atoms with van der Waals surface area (Å²) in [5.74, 6) is -0.388. The van der Waals surface area contributed by atoms with Crippen molar-refractivity contribution in [2.75, 3.05) is 30.9 Å². The van der Waals surface area contributed by atoms with Gasteiger partial charge in [-0.1, -0.05) is 11.6 Å². The van der Waals surface area contributed by atoms with Crippen LogP contribution < -0.4 is 20.9 Å².